The molecule has 3 heteroatoms. The SMILES string of the molecule is Cc1cc(C(O)CF)cc(C)c1O. The minimum Gasteiger partial charge on any atom is -0.507 e. The highest BCUT2D eigenvalue weighted by Crippen LogP contribution is 2.26. The Morgan fingerprint density at radius 3 is 2.15 bits per heavy atom. The normalized spacial score (nSPS) is 12.9. The van der Waals surface area contributed by atoms with Gasteiger partial charge in [-0.1, -0.05) is 0 Å². The Bertz CT molecular complexity index is 287. The first kappa shape index (κ1) is 9.99. The van der Waals surface area contributed by atoms with E-state index in [1.165, 1.54) is 0 Å². The molecular weight excluding hydrogens is 171 g/mol. The summed E-state index contributed by atoms with van der Waals surface area (Å²) in [6, 6.07) is 3.18. The van der Waals surface area contributed by atoms with Gasteiger partial charge in [0.05, 0.1) is 0 Å². The lowest BCUT2D eigenvalue weighted by Gasteiger charge is -2.10. The monoisotopic (exact) mass is 184 g/mol. The molecule has 0 aliphatic carbocycles. The van der Waals surface area contributed by atoms with Crippen molar-refractivity contribution < 1.29 is 14.6 Å². The van der Waals surface area contributed by atoms with E-state index in [0.717, 1.165) is 0 Å². The fraction of sp³-hybridized carbons (Fsp3) is 0.400. The Morgan fingerprint density at radius 2 is 1.77 bits per heavy atom. The number of aromatic hydroxyl groups is 1. The van der Waals surface area contributed by atoms with Gasteiger partial charge in [-0.3, -0.25) is 0 Å². The molecule has 0 amide bonds. The van der Waals surface area contributed by atoms with Crippen molar-refractivity contribution in [2.45, 2.75) is 20.0 Å². The number of rotatable bonds is 2. The van der Waals surface area contributed by atoms with Crippen molar-refractivity contribution in [1.82, 2.24) is 0 Å². The summed E-state index contributed by atoms with van der Waals surface area (Å²) in [6.07, 6.45) is -1.09. The fourth-order valence-corrected chi connectivity index (χ4v) is 1.27. The van der Waals surface area contributed by atoms with Gasteiger partial charge in [0.2, 0.25) is 0 Å². The first-order chi connectivity index (χ1) is 6.06. The number of phenolic OH excluding ortho intramolecular Hbond substituents is 1. The number of hydrogen-bond acceptors (Lipinski definition) is 2. The number of phenols is 1. The molecule has 0 radical (unpaired) electrons. The molecule has 1 aromatic carbocycles. The Hall–Kier alpha value is -1.09. The predicted octanol–water partition coefficient (Wildman–Crippen LogP) is 2.01. The summed E-state index contributed by atoms with van der Waals surface area (Å²) in [4.78, 5) is 0. The maximum absolute atomic E-state index is 12.1. The second-order valence-corrected chi connectivity index (χ2v) is 3.17. The number of aryl methyl sites for hydroxylation is 2. The van der Waals surface area contributed by atoms with Crippen LogP contribution in [0.5, 0.6) is 5.75 Å². The topological polar surface area (TPSA) is 40.5 Å². The number of hydrogen-bond donors (Lipinski definition) is 2. The highest BCUT2D eigenvalue weighted by atomic mass is 19.1. The molecule has 0 aliphatic heterocycles. The van der Waals surface area contributed by atoms with Crippen molar-refractivity contribution in [3.63, 3.8) is 0 Å². The van der Waals surface area contributed by atoms with Gasteiger partial charge in [0.1, 0.15) is 18.5 Å². The molecule has 1 unspecified atom stereocenters. The fourth-order valence-electron chi connectivity index (χ4n) is 1.27. The van der Waals surface area contributed by atoms with Crippen molar-refractivity contribution in [1.29, 1.82) is 0 Å². The summed E-state index contributed by atoms with van der Waals surface area (Å²) in [7, 11) is 0. The Kier molecular flexibility index (Phi) is 2.88. The summed E-state index contributed by atoms with van der Waals surface area (Å²) >= 11 is 0. The van der Waals surface area contributed by atoms with E-state index in [0.29, 0.717) is 16.7 Å². The van der Waals surface area contributed by atoms with Crippen molar-refractivity contribution >= 4 is 0 Å². The van der Waals surface area contributed by atoms with Gasteiger partial charge in [-0.25, -0.2) is 4.39 Å². The van der Waals surface area contributed by atoms with Crippen LogP contribution in [0.2, 0.25) is 0 Å². The van der Waals surface area contributed by atoms with E-state index >= 15 is 0 Å². The Balaban J connectivity index is 3.13. The lowest BCUT2D eigenvalue weighted by Crippen LogP contribution is -2.00. The quantitative estimate of drug-likeness (QED) is 0.738. The molecule has 0 saturated heterocycles. The molecule has 0 aromatic heterocycles. The van der Waals surface area contributed by atoms with Gasteiger partial charge < -0.3 is 10.2 Å². The molecule has 0 spiro atoms. The molecule has 1 atom stereocenters. The van der Waals surface area contributed by atoms with Gasteiger partial charge in [0.25, 0.3) is 0 Å². The molecule has 72 valence electrons. The van der Waals surface area contributed by atoms with Crippen LogP contribution in [-0.4, -0.2) is 16.9 Å². The van der Waals surface area contributed by atoms with E-state index in [1.54, 1.807) is 26.0 Å². The number of aliphatic hydroxyl groups excluding tert-OH is 1. The van der Waals surface area contributed by atoms with Crippen molar-refractivity contribution in [3.8, 4) is 5.75 Å². The van der Waals surface area contributed by atoms with Crippen LogP contribution < -0.4 is 0 Å². The summed E-state index contributed by atoms with van der Waals surface area (Å²) in [5.74, 6) is 0.204. The van der Waals surface area contributed by atoms with Crippen molar-refractivity contribution in [2.24, 2.45) is 0 Å². The summed E-state index contributed by atoms with van der Waals surface area (Å²) in [5.41, 5.74) is 1.82. The third-order valence-corrected chi connectivity index (χ3v) is 2.04. The third-order valence-electron chi connectivity index (χ3n) is 2.04. The number of halogens is 1. The lowest BCUT2D eigenvalue weighted by atomic mass is 10.0. The van der Waals surface area contributed by atoms with Gasteiger partial charge in [0.15, 0.2) is 0 Å². The molecule has 0 saturated carbocycles. The minimum absolute atomic E-state index is 0.204. The van der Waals surface area contributed by atoms with Gasteiger partial charge in [-0.05, 0) is 42.7 Å². The molecule has 2 N–H and O–H groups in total. The van der Waals surface area contributed by atoms with Crippen molar-refractivity contribution in [3.05, 3.63) is 28.8 Å². The standard InChI is InChI=1S/C10H13FO2/c1-6-3-8(9(12)5-11)4-7(2)10(6)13/h3-4,9,12-13H,5H2,1-2H3. The third kappa shape index (κ3) is 1.98. The van der Waals surface area contributed by atoms with E-state index in [-0.39, 0.29) is 5.75 Å². The molecular formula is C10H13FO2. The molecule has 0 aliphatic rings. The first-order valence-corrected chi connectivity index (χ1v) is 4.10. The van der Waals surface area contributed by atoms with Crippen LogP contribution in [0.4, 0.5) is 4.39 Å². The van der Waals surface area contributed by atoms with Crippen molar-refractivity contribution in [2.75, 3.05) is 6.67 Å². The second kappa shape index (κ2) is 3.75. The van der Waals surface area contributed by atoms with E-state index < -0.39 is 12.8 Å². The molecule has 1 aromatic rings. The van der Waals surface area contributed by atoms with Crippen LogP contribution in [-0.2, 0) is 0 Å². The van der Waals surface area contributed by atoms with Gasteiger partial charge in [0, 0.05) is 0 Å². The highest BCUT2D eigenvalue weighted by molar-refractivity contribution is 5.42. The number of aliphatic hydroxyl groups is 1. The molecule has 0 heterocycles. The smallest absolute Gasteiger partial charge is 0.121 e. The van der Waals surface area contributed by atoms with Crippen LogP contribution in [0, 0.1) is 13.8 Å². The molecule has 1 rings (SSSR count). The van der Waals surface area contributed by atoms with E-state index in [4.69, 9.17) is 0 Å². The summed E-state index contributed by atoms with van der Waals surface area (Å²) in [5, 5.41) is 18.6. The Morgan fingerprint density at radius 1 is 1.31 bits per heavy atom. The molecule has 13 heavy (non-hydrogen) atoms. The highest BCUT2D eigenvalue weighted by Gasteiger charge is 2.10. The van der Waals surface area contributed by atoms with Crippen LogP contribution in [0.1, 0.15) is 22.8 Å². The zero-order valence-electron chi connectivity index (χ0n) is 7.71. The average Bonchev–Trinajstić information content (AvgIpc) is 2.12. The van der Waals surface area contributed by atoms with Crippen LogP contribution in [0.25, 0.3) is 0 Å². The second-order valence-electron chi connectivity index (χ2n) is 3.17. The molecule has 0 bridgehead atoms. The van der Waals surface area contributed by atoms with Crippen LogP contribution in [0.15, 0.2) is 12.1 Å². The first-order valence-electron chi connectivity index (χ1n) is 4.10. The van der Waals surface area contributed by atoms with E-state index in [1.807, 2.05) is 0 Å². The van der Waals surface area contributed by atoms with Crippen LogP contribution in [0.3, 0.4) is 0 Å². The van der Waals surface area contributed by atoms with Gasteiger partial charge in [-0.15, -0.1) is 0 Å². The summed E-state index contributed by atoms with van der Waals surface area (Å²) in [6.45, 7) is 2.64. The van der Waals surface area contributed by atoms with E-state index in [2.05, 4.69) is 0 Å². The average molecular weight is 184 g/mol. The maximum Gasteiger partial charge on any atom is 0.121 e. The van der Waals surface area contributed by atoms with Crippen LogP contribution >= 0.6 is 0 Å². The number of benzene rings is 1. The maximum atomic E-state index is 12.1. The minimum atomic E-state index is -1.09. The van der Waals surface area contributed by atoms with Gasteiger partial charge in [-0.2, -0.15) is 0 Å². The zero-order valence-corrected chi connectivity index (χ0v) is 7.71. The molecule has 2 nitrogen and oxygen atoms in total. The molecule has 0 fully saturated rings. The van der Waals surface area contributed by atoms with E-state index in [9.17, 15) is 14.6 Å². The zero-order chi connectivity index (χ0) is 10.0. The Labute approximate surface area is 76.6 Å². The largest absolute Gasteiger partial charge is 0.507 e. The van der Waals surface area contributed by atoms with Gasteiger partial charge >= 0.3 is 0 Å². The lowest BCUT2D eigenvalue weighted by molar-refractivity contribution is 0.141. The predicted molar refractivity (Wildman–Crippen MR) is 48.5 cm³/mol. The number of alkyl halides is 1. The summed E-state index contributed by atoms with van der Waals surface area (Å²) < 4.78 is 12.1.